The SMILES string of the molecule is C[C@@H]1CN(C(=O)C(=O)Nc2cncc3cn[nH]c23)[C@@H](c2ccccc2)CN1C(=O)C1(C(F)(F)F)CC1. The number of H-pyrrole nitrogens is 1. The van der Waals surface area contributed by atoms with Gasteiger partial charge in [0, 0.05) is 30.7 Å². The van der Waals surface area contributed by atoms with Gasteiger partial charge in [-0.1, -0.05) is 30.3 Å². The quantitative estimate of drug-likeness (QED) is 0.537. The molecule has 1 aliphatic carbocycles. The minimum Gasteiger partial charge on any atom is -0.335 e. The van der Waals surface area contributed by atoms with Gasteiger partial charge in [-0.15, -0.1) is 0 Å². The molecule has 2 N–H and O–H groups in total. The van der Waals surface area contributed by atoms with Crippen molar-refractivity contribution in [3.05, 3.63) is 54.5 Å². The second-order valence-corrected chi connectivity index (χ2v) is 9.25. The number of nitrogens with one attached hydrogen (secondary N) is 2. The van der Waals surface area contributed by atoms with E-state index in [0.29, 0.717) is 16.5 Å². The first-order valence-corrected chi connectivity index (χ1v) is 11.4. The fourth-order valence-electron chi connectivity index (χ4n) is 4.73. The summed E-state index contributed by atoms with van der Waals surface area (Å²) in [7, 11) is 0. The Morgan fingerprint density at radius 3 is 2.44 bits per heavy atom. The number of aromatic nitrogens is 3. The van der Waals surface area contributed by atoms with Crippen molar-refractivity contribution in [2.75, 3.05) is 18.4 Å². The molecule has 0 unspecified atom stereocenters. The number of carbonyl (C=O) groups excluding carboxylic acids is 3. The summed E-state index contributed by atoms with van der Waals surface area (Å²) < 4.78 is 41.0. The summed E-state index contributed by atoms with van der Waals surface area (Å²) in [5.74, 6) is -2.77. The molecule has 2 aromatic heterocycles. The molecule has 2 aliphatic rings. The van der Waals surface area contributed by atoms with E-state index >= 15 is 0 Å². The zero-order valence-corrected chi connectivity index (χ0v) is 19.2. The number of hydrogen-bond acceptors (Lipinski definition) is 5. The largest absolute Gasteiger partial charge is 0.403 e. The Labute approximate surface area is 203 Å². The molecule has 2 atom stereocenters. The molecule has 5 rings (SSSR count). The third kappa shape index (κ3) is 3.95. The minimum absolute atomic E-state index is 0.0992. The van der Waals surface area contributed by atoms with Gasteiger partial charge in [0.1, 0.15) is 5.41 Å². The van der Waals surface area contributed by atoms with Crippen molar-refractivity contribution in [3.8, 4) is 0 Å². The number of pyridine rings is 1. The van der Waals surface area contributed by atoms with Crippen LogP contribution in [0.25, 0.3) is 10.9 Å². The van der Waals surface area contributed by atoms with Crippen LogP contribution in [0.15, 0.2) is 48.9 Å². The van der Waals surface area contributed by atoms with Crippen LogP contribution >= 0.6 is 0 Å². The van der Waals surface area contributed by atoms with Crippen LogP contribution in [0, 0.1) is 5.41 Å². The van der Waals surface area contributed by atoms with Crippen LogP contribution in [0.2, 0.25) is 0 Å². The fourth-order valence-corrected chi connectivity index (χ4v) is 4.73. The van der Waals surface area contributed by atoms with Crippen molar-refractivity contribution in [2.45, 2.75) is 38.0 Å². The average Bonchev–Trinajstić information content (AvgIpc) is 3.55. The van der Waals surface area contributed by atoms with Gasteiger partial charge in [0.05, 0.1) is 29.6 Å². The van der Waals surface area contributed by atoms with Gasteiger partial charge in [0.15, 0.2) is 0 Å². The predicted octanol–water partition coefficient (Wildman–Crippen LogP) is 3.04. The molecule has 0 spiro atoms. The van der Waals surface area contributed by atoms with Crippen molar-refractivity contribution >= 4 is 34.3 Å². The first kappa shape index (κ1) is 23.8. The van der Waals surface area contributed by atoms with Crippen molar-refractivity contribution in [2.24, 2.45) is 5.41 Å². The lowest BCUT2D eigenvalue weighted by Crippen LogP contribution is -2.60. The van der Waals surface area contributed by atoms with Gasteiger partial charge in [-0.2, -0.15) is 18.3 Å². The van der Waals surface area contributed by atoms with Crippen LogP contribution < -0.4 is 5.32 Å². The highest BCUT2D eigenvalue weighted by molar-refractivity contribution is 6.40. The number of halogens is 3. The lowest BCUT2D eigenvalue weighted by atomic mass is 9.96. The molecule has 0 bridgehead atoms. The molecule has 12 heteroatoms. The summed E-state index contributed by atoms with van der Waals surface area (Å²) in [6.45, 7) is 1.33. The molecule has 9 nitrogen and oxygen atoms in total. The third-order valence-electron chi connectivity index (χ3n) is 6.94. The van der Waals surface area contributed by atoms with Gasteiger partial charge in [-0.3, -0.25) is 24.5 Å². The average molecular weight is 500 g/mol. The number of piperazine rings is 1. The minimum atomic E-state index is -4.64. The maximum absolute atomic E-state index is 13.7. The van der Waals surface area contributed by atoms with E-state index in [4.69, 9.17) is 0 Å². The van der Waals surface area contributed by atoms with E-state index in [1.807, 2.05) is 0 Å². The first-order valence-electron chi connectivity index (χ1n) is 11.4. The van der Waals surface area contributed by atoms with E-state index in [9.17, 15) is 27.6 Å². The van der Waals surface area contributed by atoms with Gasteiger partial charge in [0.2, 0.25) is 5.91 Å². The Hall–Kier alpha value is -3.96. The molecule has 0 radical (unpaired) electrons. The van der Waals surface area contributed by atoms with Crippen molar-refractivity contribution < 1.29 is 27.6 Å². The lowest BCUT2D eigenvalue weighted by Gasteiger charge is -2.46. The number of amides is 3. The van der Waals surface area contributed by atoms with Gasteiger partial charge < -0.3 is 15.1 Å². The summed E-state index contributed by atoms with van der Waals surface area (Å²) in [6.07, 6.45) is -0.671. The van der Waals surface area contributed by atoms with Gasteiger partial charge in [-0.05, 0) is 25.3 Å². The standard InChI is InChI=1S/C24H23F3N6O3/c1-14-12-33(21(35)20(34)30-17-11-28-9-16-10-29-31-19(16)17)18(15-5-3-2-4-6-15)13-32(14)22(36)23(7-8-23)24(25,26)27/h2-6,9-11,14,18H,7-8,12-13H2,1H3,(H,29,31)(H,30,34)/t14-,18-/m1/s1. The molecule has 188 valence electrons. The molecule has 3 heterocycles. The maximum Gasteiger partial charge on any atom is 0.403 e. The van der Waals surface area contributed by atoms with E-state index in [1.54, 1.807) is 43.5 Å². The van der Waals surface area contributed by atoms with Gasteiger partial charge >= 0.3 is 18.0 Å². The Kier molecular flexibility index (Phi) is 5.68. The van der Waals surface area contributed by atoms with Crippen LogP contribution in [0.1, 0.15) is 31.4 Å². The fraction of sp³-hybridized carbons (Fsp3) is 0.375. The summed E-state index contributed by atoms with van der Waals surface area (Å²) >= 11 is 0. The zero-order chi connectivity index (χ0) is 25.7. The number of benzene rings is 1. The predicted molar refractivity (Wildman–Crippen MR) is 122 cm³/mol. The molecular weight excluding hydrogens is 477 g/mol. The maximum atomic E-state index is 13.7. The molecule has 1 aliphatic heterocycles. The van der Waals surface area contributed by atoms with Crippen LogP contribution in [0.5, 0.6) is 0 Å². The lowest BCUT2D eigenvalue weighted by molar-refractivity contribution is -0.201. The van der Waals surface area contributed by atoms with Crippen molar-refractivity contribution in [3.63, 3.8) is 0 Å². The number of alkyl halides is 3. The summed E-state index contributed by atoms with van der Waals surface area (Å²) in [6, 6.07) is 7.13. The highest BCUT2D eigenvalue weighted by Crippen LogP contribution is 2.59. The number of rotatable bonds is 3. The molecule has 2 fully saturated rings. The number of carbonyl (C=O) groups is 3. The Bertz CT molecular complexity index is 1320. The highest BCUT2D eigenvalue weighted by Gasteiger charge is 2.70. The molecule has 1 saturated heterocycles. The molecule has 3 aromatic rings. The normalized spacial score (nSPS) is 21.3. The molecular formula is C24H23F3N6O3. The van der Waals surface area contributed by atoms with Crippen LogP contribution in [0.4, 0.5) is 18.9 Å². The van der Waals surface area contributed by atoms with E-state index in [2.05, 4.69) is 20.5 Å². The third-order valence-corrected chi connectivity index (χ3v) is 6.94. The van der Waals surface area contributed by atoms with Crippen LogP contribution in [0.3, 0.4) is 0 Å². The molecule has 1 saturated carbocycles. The van der Waals surface area contributed by atoms with E-state index in [1.165, 1.54) is 22.2 Å². The zero-order valence-electron chi connectivity index (χ0n) is 19.2. The molecule has 36 heavy (non-hydrogen) atoms. The molecule has 3 amide bonds. The number of anilines is 1. The second-order valence-electron chi connectivity index (χ2n) is 9.25. The molecule has 1 aromatic carbocycles. The van der Waals surface area contributed by atoms with E-state index in [-0.39, 0.29) is 31.6 Å². The van der Waals surface area contributed by atoms with Crippen molar-refractivity contribution in [1.82, 2.24) is 25.0 Å². The Balaban J connectivity index is 1.41. The number of fused-ring (bicyclic) bond motifs is 1. The second kappa shape index (κ2) is 8.61. The Morgan fingerprint density at radius 2 is 1.78 bits per heavy atom. The monoisotopic (exact) mass is 500 g/mol. The first-order chi connectivity index (χ1) is 17.1. The van der Waals surface area contributed by atoms with Crippen LogP contribution in [-0.4, -0.2) is 68.0 Å². The number of aromatic amines is 1. The van der Waals surface area contributed by atoms with Gasteiger partial charge in [0.25, 0.3) is 0 Å². The Morgan fingerprint density at radius 1 is 1.06 bits per heavy atom. The van der Waals surface area contributed by atoms with Crippen molar-refractivity contribution in [1.29, 1.82) is 0 Å². The smallest absolute Gasteiger partial charge is 0.335 e. The topological polar surface area (TPSA) is 111 Å². The number of nitrogens with zero attached hydrogens (tertiary/aromatic N) is 4. The summed E-state index contributed by atoms with van der Waals surface area (Å²) in [5, 5.41) is 9.83. The van der Waals surface area contributed by atoms with E-state index in [0.717, 1.165) is 0 Å². The van der Waals surface area contributed by atoms with Crippen LogP contribution in [-0.2, 0) is 14.4 Å². The summed E-state index contributed by atoms with van der Waals surface area (Å²) in [4.78, 5) is 45.9. The number of hydrogen-bond donors (Lipinski definition) is 2. The summed E-state index contributed by atoms with van der Waals surface area (Å²) in [5.41, 5.74) is -0.988. The van der Waals surface area contributed by atoms with Gasteiger partial charge in [-0.25, -0.2) is 0 Å². The van der Waals surface area contributed by atoms with E-state index < -0.39 is 41.4 Å². The highest BCUT2D eigenvalue weighted by atomic mass is 19.4.